The van der Waals surface area contributed by atoms with E-state index in [9.17, 15) is 4.79 Å². The van der Waals surface area contributed by atoms with Gasteiger partial charge in [-0.1, -0.05) is 0 Å². The van der Waals surface area contributed by atoms with Crippen LogP contribution >= 0.6 is 23.1 Å². The predicted molar refractivity (Wildman–Crippen MR) is 122 cm³/mol. The van der Waals surface area contributed by atoms with Crippen molar-refractivity contribution >= 4 is 45.6 Å². The number of nitrogens with one attached hydrogen (secondary N) is 2. The van der Waals surface area contributed by atoms with Gasteiger partial charge in [0.05, 0.1) is 22.0 Å². The fraction of sp³-hybridized carbons (Fsp3) is 0.238. The number of anilines is 1. The molecule has 1 aliphatic rings. The van der Waals surface area contributed by atoms with Gasteiger partial charge < -0.3 is 5.32 Å². The second kappa shape index (κ2) is 8.55. The number of benzene rings is 1. The molecule has 1 atom stereocenters. The minimum absolute atomic E-state index is 0.0382. The molecule has 7 nitrogen and oxygen atoms in total. The molecule has 3 aromatic heterocycles. The molecule has 1 saturated heterocycles. The molecule has 4 heterocycles. The lowest BCUT2D eigenvalue weighted by atomic mass is 10.1. The molecule has 30 heavy (non-hydrogen) atoms. The Bertz CT molecular complexity index is 1150. The smallest absolute Gasteiger partial charge is 0.238 e. The number of hydrogen-bond donors (Lipinski definition) is 2. The highest BCUT2D eigenvalue weighted by Gasteiger charge is 2.27. The van der Waals surface area contributed by atoms with Crippen LogP contribution in [0.15, 0.2) is 53.6 Å². The van der Waals surface area contributed by atoms with Crippen LogP contribution in [0.25, 0.3) is 22.2 Å². The van der Waals surface area contributed by atoms with Gasteiger partial charge in [0.1, 0.15) is 5.69 Å². The zero-order valence-electron chi connectivity index (χ0n) is 16.1. The highest BCUT2D eigenvalue weighted by Crippen LogP contribution is 2.29. The Labute approximate surface area is 181 Å². The van der Waals surface area contributed by atoms with Crippen LogP contribution in [0, 0.1) is 0 Å². The van der Waals surface area contributed by atoms with E-state index >= 15 is 0 Å². The summed E-state index contributed by atoms with van der Waals surface area (Å²) in [6, 6.07) is 9.69. The molecular weight excluding hydrogens is 416 g/mol. The van der Waals surface area contributed by atoms with E-state index in [0.29, 0.717) is 0 Å². The lowest BCUT2D eigenvalue weighted by Crippen LogP contribution is -2.43. The number of pyridine rings is 1. The number of amides is 1. The number of thiazole rings is 1. The minimum atomic E-state index is -0.0999. The fourth-order valence-corrected chi connectivity index (χ4v) is 5.32. The summed E-state index contributed by atoms with van der Waals surface area (Å²) in [6.45, 7) is 2.50. The summed E-state index contributed by atoms with van der Waals surface area (Å²) in [7, 11) is 0. The van der Waals surface area contributed by atoms with Gasteiger partial charge in [0.15, 0.2) is 0 Å². The number of carbonyl (C=O) groups excluding carboxylic acids is 1. The summed E-state index contributed by atoms with van der Waals surface area (Å²) < 4.78 is 0. The van der Waals surface area contributed by atoms with Crippen LogP contribution in [0.5, 0.6) is 0 Å². The van der Waals surface area contributed by atoms with Crippen LogP contribution < -0.4 is 5.32 Å². The van der Waals surface area contributed by atoms with Crippen molar-refractivity contribution in [3.8, 4) is 11.3 Å². The Morgan fingerprint density at radius 2 is 2.17 bits per heavy atom. The summed E-state index contributed by atoms with van der Waals surface area (Å²) in [6.07, 6.45) is 3.50. The first-order valence-corrected chi connectivity index (χ1v) is 11.7. The van der Waals surface area contributed by atoms with Crippen molar-refractivity contribution in [2.24, 2.45) is 0 Å². The highest BCUT2D eigenvalue weighted by atomic mass is 32.2. The molecule has 0 spiro atoms. The van der Waals surface area contributed by atoms with E-state index in [4.69, 9.17) is 0 Å². The molecule has 1 aliphatic heterocycles. The lowest BCUT2D eigenvalue weighted by molar-refractivity contribution is -0.116. The van der Waals surface area contributed by atoms with Crippen molar-refractivity contribution in [2.75, 3.05) is 24.2 Å². The maximum absolute atomic E-state index is 12.9. The number of thioether (sulfide) groups is 1. The zero-order chi connectivity index (χ0) is 20.3. The van der Waals surface area contributed by atoms with E-state index in [1.807, 2.05) is 35.8 Å². The van der Waals surface area contributed by atoms with E-state index in [2.05, 4.69) is 35.8 Å². The molecule has 0 aliphatic carbocycles. The number of H-pyrrole nitrogens is 1. The van der Waals surface area contributed by atoms with E-state index in [1.165, 1.54) is 0 Å². The summed E-state index contributed by atoms with van der Waals surface area (Å²) in [4.78, 5) is 23.7. The van der Waals surface area contributed by atoms with Crippen LogP contribution in [0.4, 0.5) is 5.69 Å². The third-order valence-electron chi connectivity index (χ3n) is 5.10. The molecule has 1 aromatic carbocycles. The van der Waals surface area contributed by atoms with Crippen LogP contribution in [-0.2, 0) is 11.3 Å². The Morgan fingerprint density at radius 3 is 3.00 bits per heavy atom. The predicted octanol–water partition coefficient (Wildman–Crippen LogP) is 3.64. The van der Waals surface area contributed by atoms with Crippen molar-refractivity contribution in [3.05, 3.63) is 59.3 Å². The molecule has 1 fully saturated rings. The van der Waals surface area contributed by atoms with E-state index in [1.54, 1.807) is 35.5 Å². The molecule has 2 N–H and O–H groups in total. The molecule has 0 saturated carbocycles. The maximum atomic E-state index is 12.9. The van der Waals surface area contributed by atoms with Crippen LogP contribution in [0.2, 0.25) is 0 Å². The van der Waals surface area contributed by atoms with Crippen LogP contribution in [-0.4, -0.2) is 55.1 Å². The van der Waals surface area contributed by atoms with Crippen LogP contribution in [0.3, 0.4) is 0 Å². The Hall–Kier alpha value is -2.75. The normalized spacial score (nSPS) is 17.3. The van der Waals surface area contributed by atoms with Gasteiger partial charge in [-0.2, -0.15) is 5.10 Å². The third-order valence-corrected chi connectivity index (χ3v) is 6.92. The monoisotopic (exact) mass is 436 g/mol. The SMILES string of the molecule is O=C(Nc1ccc2[nH]nc(-c3ccncc3)c2c1)C1CN(Cc2cscn2)CCS1. The van der Waals surface area contributed by atoms with E-state index < -0.39 is 0 Å². The average molecular weight is 437 g/mol. The van der Waals surface area contributed by atoms with Gasteiger partial charge in [0, 0.05) is 59.8 Å². The number of hydrogen-bond acceptors (Lipinski definition) is 7. The standard InChI is InChI=1S/C21H20N6OS2/c28-21(19-11-27(7-8-30-19)10-16-12-29-13-23-16)24-15-1-2-18-17(9-15)20(26-25-18)14-3-5-22-6-4-14/h1-6,9,12-13,19H,7-8,10-11H2,(H,24,28)(H,25,26). The largest absolute Gasteiger partial charge is 0.325 e. The number of fused-ring (bicyclic) bond motifs is 1. The minimum Gasteiger partial charge on any atom is -0.325 e. The number of aromatic amines is 1. The number of carbonyl (C=O) groups is 1. The summed E-state index contributed by atoms with van der Waals surface area (Å²) in [5.41, 5.74) is 6.47. The molecular formula is C21H20N6OS2. The van der Waals surface area contributed by atoms with Gasteiger partial charge in [-0.25, -0.2) is 4.98 Å². The first-order chi connectivity index (χ1) is 14.8. The van der Waals surface area contributed by atoms with Gasteiger partial charge in [-0.3, -0.25) is 19.8 Å². The van der Waals surface area contributed by atoms with E-state index in [0.717, 1.165) is 58.9 Å². The molecule has 4 aromatic rings. The highest BCUT2D eigenvalue weighted by molar-refractivity contribution is 8.00. The molecule has 0 radical (unpaired) electrons. The molecule has 9 heteroatoms. The molecule has 1 amide bonds. The van der Waals surface area contributed by atoms with Crippen LogP contribution in [0.1, 0.15) is 5.69 Å². The summed E-state index contributed by atoms with van der Waals surface area (Å²) in [5.74, 6) is 0.978. The van der Waals surface area contributed by atoms with Crippen molar-refractivity contribution in [2.45, 2.75) is 11.8 Å². The Balaban J connectivity index is 1.30. The summed E-state index contributed by atoms with van der Waals surface area (Å²) in [5, 5.41) is 13.5. The first-order valence-electron chi connectivity index (χ1n) is 9.67. The Kier molecular flexibility index (Phi) is 5.48. The third kappa shape index (κ3) is 4.09. The Morgan fingerprint density at radius 1 is 1.27 bits per heavy atom. The van der Waals surface area contributed by atoms with E-state index in [-0.39, 0.29) is 11.2 Å². The quantitative estimate of drug-likeness (QED) is 0.497. The molecule has 5 rings (SSSR count). The molecule has 1 unspecified atom stereocenters. The van der Waals surface area contributed by atoms with Crippen molar-refractivity contribution < 1.29 is 4.79 Å². The lowest BCUT2D eigenvalue weighted by Gasteiger charge is -2.31. The fourth-order valence-electron chi connectivity index (χ4n) is 3.59. The van der Waals surface area contributed by atoms with Gasteiger partial charge in [-0.05, 0) is 30.3 Å². The number of aromatic nitrogens is 4. The topological polar surface area (TPSA) is 86.8 Å². The zero-order valence-corrected chi connectivity index (χ0v) is 17.7. The van der Waals surface area contributed by atoms with Gasteiger partial charge in [-0.15, -0.1) is 23.1 Å². The number of nitrogens with zero attached hydrogens (tertiary/aromatic N) is 4. The summed E-state index contributed by atoms with van der Waals surface area (Å²) >= 11 is 3.32. The van der Waals surface area contributed by atoms with Crippen molar-refractivity contribution in [1.29, 1.82) is 0 Å². The second-order valence-corrected chi connectivity index (χ2v) is 9.16. The molecule has 152 valence electrons. The van der Waals surface area contributed by atoms with Gasteiger partial charge in [0.25, 0.3) is 0 Å². The second-order valence-electron chi connectivity index (χ2n) is 7.13. The number of rotatable bonds is 5. The van der Waals surface area contributed by atoms with Crippen molar-refractivity contribution in [3.63, 3.8) is 0 Å². The molecule has 0 bridgehead atoms. The van der Waals surface area contributed by atoms with Crippen molar-refractivity contribution in [1.82, 2.24) is 25.1 Å². The first kappa shape index (κ1) is 19.2. The average Bonchev–Trinajstić information content (AvgIpc) is 3.44. The van der Waals surface area contributed by atoms with Gasteiger partial charge >= 0.3 is 0 Å². The maximum Gasteiger partial charge on any atom is 0.238 e. The van der Waals surface area contributed by atoms with Gasteiger partial charge in [0.2, 0.25) is 5.91 Å².